The molecule has 2 aromatic rings. The fourth-order valence-electron chi connectivity index (χ4n) is 4.34. The first-order valence-electron chi connectivity index (χ1n) is 9.68. The number of halogens is 1. The van der Waals surface area contributed by atoms with Crippen molar-refractivity contribution < 1.29 is 24.2 Å². The number of methoxy groups -OCH3 is 2. The number of rotatable bonds is 7. The fourth-order valence-corrected chi connectivity index (χ4v) is 4.51. The fraction of sp³-hybridized carbons (Fsp3) is 0.391. The molecule has 7 heteroatoms. The third-order valence-corrected chi connectivity index (χ3v) is 6.18. The molecule has 1 aliphatic rings. The van der Waals surface area contributed by atoms with Crippen molar-refractivity contribution in [3.05, 3.63) is 64.7 Å². The molecule has 0 aliphatic carbocycles. The van der Waals surface area contributed by atoms with E-state index in [0.717, 1.165) is 5.56 Å². The van der Waals surface area contributed by atoms with Gasteiger partial charge in [0.05, 0.1) is 18.3 Å². The second-order valence-corrected chi connectivity index (χ2v) is 8.38. The number of carbonyl (C=O) groups excluding carboxylic acids is 1. The molecule has 1 saturated heterocycles. The predicted octanol–water partition coefficient (Wildman–Crippen LogP) is 3.99. The van der Waals surface area contributed by atoms with Crippen molar-refractivity contribution in [2.45, 2.75) is 31.5 Å². The van der Waals surface area contributed by atoms with Gasteiger partial charge >= 0.3 is 5.97 Å². The molecule has 2 aromatic carbocycles. The molecule has 0 bridgehead atoms. The van der Waals surface area contributed by atoms with E-state index in [0.29, 0.717) is 16.3 Å². The van der Waals surface area contributed by atoms with Crippen LogP contribution in [0.2, 0.25) is 5.02 Å². The van der Waals surface area contributed by atoms with Crippen LogP contribution in [0.4, 0.5) is 0 Å². The van der Waals surface area contributed by atoms with E-state index < -0.39 is 35.5 Å². The van der Waals surface area contributed by atoms with Crippen molar-refractivity contribution in [2.75, 3.05) is 14.2 Å². The Hall–Kier alpha value is -2.41. The smallest absolute Gasteiger partial charge is 0.321 e. The predicted molar refractivity (Wildman–Crippen MR) is 114 cm³/mol. The van der Waals surface area contributed by atoms with Gasteiger partial charge in [-0.15, -0.1) is 0 Å². The second kappa shape index (κ2) is 8.76. The zero-order valence-electron chi connectivity index (χ0n) is 17.4. The molecule has 1 fully saturated rings. The summed E-state index contributed by atoms with van der Waals surface area (Å²) in [7, 11) is 3.01. The van der Waals surface area contributed by atoms with Crippen LogP contribution in [-0.4, -0.2) is 42.7 Å². The topological polar surface area (TPSA) is 84.9 Å². The molecule has 1 unspecified atom stereocenters. The molecule has 30 heavy (non-hydrogen) atoms. The molecule has 0 spiro atoms. The van der Waals surface area contributed by atoms with Crippen molar-refractivity contribution >= 4 is 23.4 Å². The molecule has 0 radical (unpaired) electrons. The molecule has 0 saturated carbocycles. The number of Topliss-reactive ketones (excluding diaryl/α,β-unsaturated/α-hetero) is 1. The lowest BCUT2D eigenvalue weighted by Crippen LogP contribution is -2.48. The van der Waals surface area contributed by atoms with Gasteiger partial charge in [0.25, 0.3) is 0 Å². The summed E-state index contributed by atoms with van der Waals surface area (Å²) in [5.74, 6) is -2.23. The van der Waals surface area contributed by atoms with Gasteiger partial charge < -0.3 is 14.6 Å². The van der Waals surface area contributed by atoms with Gasteiger partial charge in [0.2, 0.25) is 0 Å². The van der Waals surface area contributed by atoms with E-state index in [1.807, 2.05) is 30.3 Å². The lowest BCUT2D eigenvalue weighted by molar-refractivity contribution is -0.143. The average molecular weight is 432 g/mol. The minimum atomic E-state index is -1.03. The van der Waals surface area contributed by atoms with Crippen LogP contribution in [0.1, 0.15) is 35.8 Å². The lowest BCUT2D eigenvalue weighted by Gasteiger charge is -2.36. The van der Waals surface area contributed by atoms with E-state index in [-0.39, 0.29) is 5.78 Å². The Morgan fingerprint density at radius 3 is 2.33 bits per heavy atom. The Balaban J connectivity index is 2.19. The van der Waals surface area contributed by atoms with Crippen molar-refractivity contribution in [3.8, 4) is 5.75 Å². The van der Waals surface area contributed by atoms with Crippen LogP contribution in [0, 0.1) is 11.8 Å². The van der Waals surface area contributed by atoms with Crippen LogP contribution < -0.4 is 10.1 Å². The summed E-state index contributed by atoms with van der Waals surface area (Å²) >= 11 is 6.17. The molecule has 4 atom stereocenters. The standard InChI is InChI=1S/C23H26ClNO5/c1-23(2,30-4)18-17(21(26)15-12-14(24)10-11-16(15)29-3)19(25-20(18)22(27)28)13-8-6-5-7-9-13/h5-12,17-20,25H,1-4H3,(H,27,28)/t17-,18-,19?,20-/m1/s1. The highest BCUT2D eigenvalue weighted by Gasteiger charge is 2.56. The highest BCUT2D eigenvalue weighted by molar-refractivity contribution is 6.31. The first kappa shape index (κ1) is 22.3. The molecule has 1 aliphatic heterocycles. The molecular weight excluding hydrogens is 406 g/mol. The summed E-state index contributed by atoms with van der Waals surface area (Å²) in [5, 5.41) is 13.5. The van der Waals surface area contributed by atoms with Crippen molar-refractivity contribution in [1.29, 1.82) is 0 Å². The van der Waals surface area contributed by atoms with Crippen LogP contribution in [0.15, 0.2) is 48.5 Å². The molecule has 0 amide bonds. The maximum Gasteiger partial charge on any atom is 0.321 e. The van der Waals surface area contributed by atoms with E-state index >= 15 is 0 Å². The largest absolute Gasteiger partial charge is 0.496 e. The number of hydrogen-bond donors (Lipinski definition) is 2. The molecule has 1 heterocycles. The quantitative estimate of drug-likeness (QED) is 0.645. The van der Waals surface area contributed by atoms with Gasteiger partial charge in [0.1, 0.15) is 11.8 Å². The van der Waals surface area contributed by atoms with E-state index in [9.17, 15) is 14.7 Å². The third kappa shape index (κ3) is 4.08. The summed E-state index contributed by atoms with van der Waals surface area (Å²) in [5.41, 5.74) is 0.268. The molecule has 6 nitrogen and oxygen atoms in total. The Kier molecular flexibility index (Phi) is 6.50. The second-order valence-electron chi connectivity index (χ2n) is 7.94. The number of nitrogens with one attached hydrogen (secondary N) is 1. The van der Waals surface area contributed by atoms with Crippen molar-refractivity contribution in [1.82, 2.24) is 5.32 Å². The minimum Gasteiger partial charge on any atom is -0.496 e. The number of hydrogen-bond acceptors (Lipinski definition) is 5. The van der Waals surface area contributed by atoms with Gasteiger partial charge in [0, 0.05) is 30.0 Å². The van der Waals surface area contributed by atoms with Crippen LogP contribution in [0.3, 0.4) is 0 Å². The van der Waals surface area contributed by atoms with Crippen LogP contribution in [-0.2, 0) is 9.53 Å². The van der Waals surface area contributed by atoms with Gasteiger partial charge in [-0.05, 0) is 37.6 Å². The minimum absolute atomic E-state index is 0.241. The average Bonchev–Trinajstić information content (AvgIpc) is 3.15. The molecule has 2 N–H and O–H groups in total. The van der Waals surface area contributed by atoms with E-state index in [4.69, 9.17) is 21.1 Å². The maximum absolute atomic E-state index is 13.9. The number of aliphatic carboxylic acids is 1. The Labute approximate surface area is 181 Å². The third-order valence-electron chi connectivity index (χ3n) is 5.95. The number of carbonyl (C=O) groups is 2. The summed E-state index contributed by atoms with van der Waals surface area (Å²) in [4.78, 5) is 26.0. The van der Waals surface area contributed by atoms with E-state index in [1.165, 1.54) is 14.2 Å². The number of ether oxygens (including phenoxy) is 2. The van der Waals surface area contributed by atoms with Crippen molar-refractivity contribution in [3.63, 3.8) is 0 Å². The summed E-state index contributed by atoms with van der Waals surface area (Å²) in [6, 6.07) is 12.7. The number of carboxylic acids is 1. The van der Waals surface area contributed by atoms with E-state index in [1.54, 1.807) is 32.0 Å². The highest BCUT2D eigenvalue weighted by atomic mass is 35.5. The summed E-state index contributed by atoms with van der Waals surface area (Å²) in [6.45, 7) is 3.61. The van der Waals surface area contributed by atoms with Crippen LogP contribution >= 0.6 is 11.6 Å². The molecule has 0 aromatic heterocycles. The van der Waals surface area contributed by atoms with Gasteiger partial charge in [-0.25, -0.2) is 0 Å². The van der Waals surface area contributed by atoms with Crippen LogP contribution in [0.5, 0.6) is 5.75 Å². The molecular formula is C23H26ClNO5. The zero-order chi connectivity index (χ0) is 22.1. The number of benzene rings is 2. The zero-order valence-corrected chi connectivity index (χ0v) is 18.1. The Morgan fingerprint density at radius 2 is 1.77 bits per heavy atom. The van der Waals surface area contributed by atoms with Gasteiger partial charge in [-0.3, -0.25) is 14.9 Å². The van der Waals surface area contributed by atoms with Crippen LogP contribution in [0.25, 0.3) is 0 Å². The van der Waals surface area contributed by atoms with Crippen molar-refractivity contribution in [2.24, 2.45) is 11.8 Å². The van der Waals surface area contributed by atoms with Gasteiger partial charge in [-0.2, -0.15) is 0 Å². The highest BCUT2D eigenvalue weighted by Crippen LogP contribution is 2.46. The van der Waals surface area contributed by atoms with E-state index in [2.05, 4.69) is 5.32 Å². The first-order valence-corrected chi connectivity index (χ1v) is 10.1. The van der Waals surface area contributed by atoms with Gasteiger partial charge in [-0.1, -0.05) is 41.9 Å². The summed E-state index contributed by atoms with van der Waals surface area (Å²) < 4.78 is 11.1. The number of ketones is 1. The number of carboxylic acid groups (broad SMARTS) is 1. The Morgan fingerprint density at radius 1 is 1.10 bits per heavy atom. The maximum atomic E-state index is 13.9. The molecule has 160 valence electrons. The monoisotopic (exact) mass is 431 g/mol. The molecule has 3 rings (SSSR count). The lowest BCUT2D eigenvalue weighted by atomic mass is 9.72. The normalized spacial score (nSPS) is 23.9. The van der Waals surface area contributed by atoms with Gasteiger partial charge in [0.15, 0.2) is 5.78 Å². The SMILES string of the molecule is COc1ccc(Cl)cc1C(=O)[C@H]1C(c2ccccc2)N[C@@H](C(=O)O)[C@@H]1C(C)(C)OC. The summed E-state index contributed by atoms with van der Waals surface area (Å²) in [6.07, 6.45) is 0. The Bertz CT molecular complexity index is 930. The first-order chi connectivity index (χ1) is 14.2.